The first-order valence-electron chi connectivity index (χ1n) is 7.22. The summed E-state index contributed by atoms with van der Waals surface area (Å²) in [6.07, 6.45) is 0. The molecule has 116 valence electrons. The van der Waals surface area contributed by atoms with E-state index in [-0.39, 0.29) is 0 Å². The van der Waals surface area contributed by atoms with Crippen molar-refractivity contribution in [3.05, 3.63) is 82.4 Å². The van der Waals surface area contributed by atoms with Gasteiger partial charge >= 0.3 is 0 Å². The third-order valence-electron chi connectivity index (χ3n) is 3.74. The standard InChI is InChI=1S/C19H16IO2P/c1-22-17-13-8-14-18(19(17)20)23(21,15-9-4-2-5-10-15)16-11-6-3-7-12-16/h2-14H,1H3. The van der Waals surface area contributed by atoms with E-state index in [1.54, 1.807) is 7.11 Å². The molecule has 0 fully saturated rings. The third-order valence-corrected chi connectivity index (χ3v) is 8.38. The third kappa shape index (κ3) is 2.96. The van der Waals surface area contributed by atoms with Crippen LogP contribution in [-0.2, 0) is 4.57 Å². The summed E-state index contributed by atoms with van der Waals surface area (Å²) in [5, 5.41) is 2.48. The molecule has 3 aromatic carbocycles. The second-order valence-corrected chi connectivity index (χ2v) is 8.89. The number of hydrogen-bond donors (Lipinski definition) is 0. The molecule has 0 spiro atoms. The van der Waals surface area contributed by atoms with E-state index in [0.29, 0.717) is 0 Å². The lowest BCUT2D eigenvalue weighted by atomic mass is 10.3. The SMILES string of the molecule is COc1cccc(P(=O)(c2ccccc2)c2ccccc2)c1I. The summed E-state index contributed by atoms with van der Waals surface area (Å²) < 4.78 is 20.6. The summed E-state index contributed by atoms with van der Waals surface area (Å²) in [5.41, 5.74) is 0. The maximum Gasteiger partial charge on any atom is 0.172 e. The van der Waals surface area contributed by atoms with Crippen LogP contribution in [0.5, 0.6) is 5.75 Å². The number of methoxy groups -OCH3 is 1. The average molecular weight is 434 g/mol. The summed E-state index contributed by atoms with van der Waals surface area (Å²) in [7, 11) is -1.31. The van der Waals surface area contributed by atoms with Crippen LogP contribution in [0.15, 0.2) is 78.9 Å². The molecule has 23 heavy (non-hydrogen) atoms. The summed E-state index contributed by atoms with van der Waals surface area (Å²) in [4.78, 5) is 0. The zero-order chi connectivity index (χ0) is 16.3. The maximum atomic E-state index is 14.2. The van der Waals surface area contributed by atoms with E-state index >= 15 is 0 Å². The molecule has 0 N–H and O–H groups in total. The molecule has 3 aromatic rings. The van der Waals surface area contributed by atoms with Crippen molar-refractivity contribution in [3.8, 4) is 5.75 Å². The van der Waals surface area contributed by atoms with Crippen molar-refractivity contribution in [3.63, 3.8) is 0 Å². The molecule has 0 unspecified atom stereocenters. The number of ether oxygens (including phenoxy) is 1. The Morgan fingerprint density at radius 3 is 1.78 bits per heavy atom. The van der Waals surface area contributed by atoms with Gasteiger partial charge in [-0.1, -0.05) is 66.7 Å². The largest absolute Gasteiger partial charge is 0.496 e. The van der Waals surface area contributed by atoms with E-state index in [1.807, 2.05) is 78.9 Å². The van der Waals surface area contributed by atoms with E-state index in [1.165, 1.54) is 0 Å². The minimum absolute atomic E-state index is 0.746. The van der Waals surface area contributed by atoms with Crippen molar-refractivity contribution in [1.29, 1.82) is 0 Å². The van der Waals surface area contributed by atoms with E-state index in [0.717, 1.165) is 25.2 Å². The van der Waals surface area contributed by atoms with Crippen molar-refractivity contribution in [2.24, 2.45) is 0 Å². The molecule has 0 aliphatic carbocycles. The molecule has 2 nitrogen and oxygen atoms in total. The normalized spacial score (nSPS) is 11.2. The molecule has 0 saturated heterocycles. The Kier molecular flexibility index (Phi) is 4.88. The van der Waals surface area contributed by atoms with Gasteiger partial charge in [-0.05, 0) is 34.7 Å². The number of benzene rings is 3. The van der Waals surface area contributed by atoms with Crippen LogP contribution in [0.3, 0.4) is 0 Å². The van der Waals surface area contributed by atoms with Gasteiger partial charge in [0.25, 0.3) is 0 Å². The van der Waals surface area contributed by atoms with Crippen molar-refractivity contribution < 1.29 is 9.30 Å². The number of hydrogen-bond acceptors (Lipinski definition) is 2. The van der Waals surface area contributed by atoms with Crippen LogP contribution in [0.25, 0.3) is 0 Å². The topological polar surface area (TPSA) is 26.3 Å². The van der Waals surface area contributed by atoms with E-state index in [9.17, 15) is 4.57 Å². The zero-order valence-electron chi connectivity index (χ0n) is 12.6. The van der Waals surface area contributed by atoms with Crippen LogP contribution in [-0.4, -0.2) is 7.11 Å². The fraction of sp³-hybridized carbons (Fsp3) is 0.0526. The fourth-order valence-corrected chi connectivity index (χ4v) is 6.92. The molecule has 0 amide bonds. The first-order valence-corrected chi connectivity index (χ1v) is 10.0. The van der Waals surface area contributed by atoms with E-state index in [2.05, 4.69) is 22.6 Å². The van der Waals surface area contributed by atoms with Gasteiger partial charge in [0.2, 0.25) is 0 Å². The molecule has 0 bridgehead atoms. The average Bonchev–Trinajstić information content (AvgIpc) is 2.63. The minimum atomic E-state index is -2.94. The summed E-state index contributed by atoms with van der Waals surface area (Å²) >= 11 is 2.22. The van der Waals surface area contributed by atoms with Gasteiger partial charge in [-0.25, -0.2) is 0 Å². The highest BCUT2D eigenvalue weighted by atomic mass is 127. The Balaban J connectivity index is 2.33. The monoisotopic (exact) mass is 434 g/mol. The van der Waals surface area contributed by atoms with Crippen molar-refractivity contribution in [1.82, 2.24) is 0 Å². The molecule has 0 aromatic heterocycles. The molecule has 3 rings (SSSR count). The van der Waals surface area contributed by atoms with Gasteiger partial charge in [0.1, 0.15) is 5.75 Å². The summed E-state index contributed by atoms with van der Waals surface area (Å²) in [6.45, 7) is 0. The molecule has 0 radical (unpaired) electrons. The van der Waals surface area contributed by atoms with Crippen molar-refractivity contribution in [2.45, 2.75) is 0 Å². The molecular weight excluding hydrogens is 418 g/mol. The predicted molar refractivity (Wildman–Crippen MR) is 105 cm³/mol. The molecule has 0 heterocycles. The Morgan fingerprint density at radius 2 is 1.30 bits per heavy atom. The first-order chi connectivity index (χ1) is 11.2. The van der Waals surface area contributed by atoms with Crippen LogP contribution in [0.4, 0.5) is 0 Å². The Morgan fingerprint density at radius 1 is 0.783 bits per heavy atom. The second-order valence-electron chi connectivity index (χ2n) is 5.07. The predicted octanol–water partition coefficient (Wildman–Crippen LogP) is 3.94. The van der Waals surface area contributed by atoms with Gasteiger partial charge in [-0.2, -0.15) is 0 Å². The smallest absolute Gasteiger partial charge is 0.172 e. The van der Waals surface area contributed by atoms with Gasteiger partial charge < -0.3 is 9.30 Å². The Bertz CT molecular complexity index is 804. The van der Waals surface area contributed by atoms with Gasteiger partial charge in [0.05, 0.1) is 10.7 Å². The van der Waals surface area contributed by atoms with Crippen LogP contribution in [0, 0.1) is 3.57 Å². The fourth-order valence-electron chi connectivity index (χ4n) is 2.60. The highest BCUT2D eigenvalue weighted by Gasteiger charge is 2.32. The molecule has 0 aliphatic rings. The molecule has 0 aliphatic heterocycles. The molecule has 0 saturated carbocycles. The number of rotatable bonds is 4. The van der Waals surface area contributed by atoms with Gasteiger partial charge in [-0.15, -0.1) is 0 Å². The highest BCUT2D eigenvalue weighted by Crippen LogP contribution is 2.44. The zero-order valence-corrected chi connectivity index (χ0v) is 15.7. The minimum Gasteiger partial charge on any atom is -0.496 e. The maximum absolute atomic E-state index is 14.2. The van der Waals surface area contributed by atoms with Crippen LogP contribution < -0.4 is 20.7 Å². The Hall–Kier alpha value is -1.58. The van der Waals surface area contributed by atoms with Crippen molar-refractivity contribution in [2.75, 3.05) is 7.11 Å². The first kappa shape index (κ1) is 16.3. The highest BCUT2D eigenvalue weighted by molar-refractivity contribution is 14.1. The number of halogens is 1. The lowest BCUT2D eigenvalue weighted by Gasteiger charge is -2.22. The second kappa shape index (κ2) is 6.90. The van der Waals surface area contributed by atoms with E-state index < -0.39 is 7.14 Å². The van der Waals surface area contributed by atoms with Gasteiger partial charge in [0, 0.05) is 15.9 Å². The molecule has 4 heteroatoms. The van der Waals surface area contributed by atoms with Gasteiger partial charge in [-0.3, -0.25) is 0 Å². The van der Waals surface area contributed by atoms with E-state index in [4.69, 9.17) is 4.74 Å². The van der Waals surface area contributed by atoms with Crippen LogP contribution in [0.1, 0.15) is 0 Å². The summed E-state index contributed by atoms with van der Waals surface area (Å²) in [5.74, 6) is 0.746. The lowest BCUT2D eigenvalue weighted by molar-refractivity contribution is 0.412. The van der Waals surface area contributed by atoms with Crippen molar-refractivity contribution >= 4 is 45.6 Å². The Labute approximate surface area is 150 Å². The quantitative estimate of drug-likeness (QED) is 0.460. The lowest BCUT2D eigenvalue weighted by Crippen LogP contribution is -2.27. The molecular formula is C19H16IO2P. The summed E-state index contributed by atoms with van der Waals surface area (Å²) in [6, 6.07) is 25.1. The van der Waals surface area contributed by atoms with Crippen LogP contribution >= 0.6 is 29.7 Å². The molecule has 0 atom stereocenters. The van der Waals surface area contributed by atoms with Gasteiger partial charge in [0.15, 0.2) is 7.14 Å². The van der Waals surface area contributed by atoms with Crippen LogP contribution in [0.2, 0.25) is 0 Å².